The molecule has 3 aromatic rings. The van der Waals surface area contributed by atoms with E-state index in [-0.39, 0.29) is 33.7 Å². The van der Waals surface area contributed by atoms with E-state index < -0.39 is 0 Å². The molecule has 224 valence electrons. The number of unbranched alkanes of at least 4 members (excludes halogenated alkanes) is 6. The Bertz CT molecular complexity index is 1730. The molecule has 3 rings (SSSR count). The molecule has 3 heterocycles. The van der Waals surface area contributed by atoms with Crippen LogP contribution in [-0.2, 0) is 40.3 Å². The Kier molecular flexibility index (Phi) is 10.8. The highest BCUT2D eigenvalue weighted by Gasteiger charge is 2.10. The highest BCUT2D eigenvalue weighted by atomic mass is 16.2. The molecule has 0 aliphatic carbocycles. The van der Waals surface area contributed by atoms with Crippen LogP contribution in [0.2, 0.25) is 0 Å². The number of aryl methyl sites for hydroxylation is 4. The van der Waals surface area contributed by atoms with E-state index in [0.29, 0.717) is 49.6 Å². The molecule has 3 aromatic heterocycles. The molecule has 0 aliphatic heterocycles. The van der Waals surface area contributed by atoms with Crippen molar-refractivity contribution >= 4 is 0 Å². The summed E-state index contributed by atoms with van der Waals surface area (Å²) < 4.78 is 8.32. The van der Waals surface area contributed by atoms with E-state index in [4.69, 9.17) is 0 Å². The molecule has 0 unspecified atom stereocenters. The minimum atomic E-state index is -0.322. The summed E-state index contributed by atoms with van der Waals surface area (Å²) in [5, 5.41) is 0. The molecule has 12 heteroatoms. The molecule has 0 saturated carbocycles. The second kappa shape index (κ2) is 14.1. The summed E-state index contributed by atoms with van der Waals surface area (Å²) in [7, 11) is 2.94. The molecular weight excluding hydrogens is 528 g/mol. The van der Waals surface area contributed by atoms with Crippen LogP contribution in [0.1, 0.15) is 68.3 Å². The molecule has 0 spiro atoms. The fraction of sp³-hybridized carbons (Fsp3) is 0.586. The molecule has 0 saturated heterocycles. The van der Waals surface area contributed by atoms with Crippen LogP contribution in [0.25, 0.3) is 0 Å². The van der Waals surface area contributed by atoms with Crippen molar-refractivity contribution in [3.63, 3.8) is 0 Å². The first-order chi connectivity index (χ1) is 19.4. The smallest absolute Gasteiger partial charge is 0.300 e. The summed E-state index contributed by atoms with van der Waals surface area (Å²) in [6, 6.07) is 2.92. The lowest BCUT2D eigenvalue weighted by molar-refractivity contribution is 0.473. The zero-order valence-corrected chi connectivity index (χ0v) is 24.9. The van der Waals surface area contributed by atoms with Crippen LogP contribution < -0.4 is 33.7 Å². The van der Waals surface area contributed by atoms with E-state index >= 15 is 0 Å². The van der Waals surface area contributed by atoms with Crippen LogP contribution in [0, 0.1) is 20.8 Å². The highest BCUT2D eigenvalue weighted by Crippen LogP contribution is 2.06. The number of hydrogen-bond acceptors (Lipinski definition) is 6. The molecule has 0 aromatic carbocycles. The second-order valence-corrected chi connectivity index (χ2v) is 10.8. The van der Waals surface area contributed by atoms with Crippen molar-refractivity contribution < 1.29 is 0 Å². The van der Waals surface area contributed by atoms with Crippen LogP contribution in [0.5, 0.6) is 0 Å². The zero-order valence-electron chi connectivity index (χ0n) is 24.9. The Morgan fingerprint density at radius 1 is 0.512 bits per heavy atom. The first kappa shape index (κ1) is 31.6. The van der Waals surface area contributed by atoms with E-state index in [1.165, 1.54) is 30.8 Å². The predicted octanol–water partition coefficient (Wildman–Crippen LogP) is 1.18. The monoisotopic (exact) mass is 570 g/mol. The normalized spacial score (nSPS) is 11.3. The van der Waals surface area contributed by atoms with Gasteiger partial charge in [0.25, 0.3) is 16.7 Å². The minimum Gasteiger partial charge on any atom is -0.300 e. The largest absolute Gasteiger partial charge is 0.330 e. The van der Waals surface area contributed by atoms with Crippen molar-refractivity contribution in [2.24, 2.45) is 14.1 Å². The lowest BCUT2D eigenvalue weighted by Crippen LogP contribution is -2.40. The Hall–Kier alpha value is -3.96. The summed E-state index contributed by atoms with van der Waals surface area (Å²) in [6.07, 6.45) is 7.96. The number of aromatic nitrogens is 6. The van der Waals surface area contributed by atoms with E-state index in [9.17, 15) is 28.8 Å². The molecule has 0 N–H and O–H groups in total. The number of nitrogens with zero attached hydrogens (tertiary/aromatic N) is 6. The SMILES string of the molecule is Cc1cn(CCCCCCn2c(C)cc(=O)n(C)c2=O)c(=O)n(CCCCCCn2c(C)cc(=O)n(C)c2=O)c1=O. The van der Waals surface area contributed by atoms with Gasteiger partial charge in [0.15, 0.2) is 0 Å². The topological polar surface area (TPSA) is 132 Å². The third-order valence-corrected chi connectivity index (χ3v) is 7.67. The summed E-state index contributed by atoms with van der Waals surface area (Å²) >= 11 is 0. The Balaban J connectivity index is 1.47. The first-order valence-electron chi connectivity index (χ1n) is 14.3. The molecule has 12 nitrogen and oxygen atoms in total. The molecule has 0 amide bonds. The molecule has 0 bridgehead atoms. The molecular formula is C29H42N6O6. The van der Waals surface area contributed by atoms with E-state index in [1.54, 1.807) is 40.7 Å². The average molecular weight is 571 g/mol. The van der Waals surface area contributed by atoms with Crippen molar-refractivity contribution in [2.45, 2.75) is 98.3 Å². The quantitative estimate of drug-likeness (QED) is 0.268. The second-order valence-electron chi connectivity index (χ2n) is 10.8. The first-order valence-corrected chi connectivity index (χ1v) is 14.3. The van der Waals surface area contributed by atoms with Gasteiger partial charge in [-0.15, -0.1) is 0 Å². The maximum Gasteiger partial charge on any atom is 0.330 e. The molecule has 0 aliphatic rings. The van der Waals surface area contributed by atoms with Crippen molar-refractivity contribution in [3.05, 3.63) is 97.8 Å². The fourth-order valence-electron chi connectivity index (χ4n) is 5.06. The van der Waals surface area contributed by atoms with Crippen LogP contribution in [0.3, 0.4) is 0 Å². The van der Waals surface area contributed by atoms with Gasteiger partial charge in [-0.3, -0.25) is 37.2 Å². The summed E-state index contributed by atoms with van der Waals surface area (Å²) in [6.45, 7) is 7.11. The van der Waals surface area contributed by atoms with Gasteiger partial charge in [-0.1, -0.05) is 25.7 Å². The molecule has 0 atom stereocenters. The summed E-state index contributed by atoms with van der Waals surface area (Å²) in [4.78, 5) is 73.8. The number of hydrogen-bond donors (Lipinski definition) is 0. The van der Waals surface area contributed by atoms with Crippen LogP contribution in [0.15, 0.2) is 47.1 Å². The van der Waals surface area contributed by atoms with Gasteiger partial charge in [0.1, 0.15) is 0 Å². The van der Waals surface area contributed by atoms with Crippen LogP contribution >= 0.6 is 0 Å². The molecule has 41 heavy (non-hydrogen) atoms. The van der Waals surface area contributed by atoms with Gasteiger partial charge in [-0.25, -0.2) is 14.4 Å². The predicted molar refractivity (Wildman–Crippen MR) is 158 cm³/mol. The van der Waals surface area contributed by atoms with Crippen molar-refractivity contribution in [3.8, 4) is 0 Å². The van der Waals surface area contributed by atoms with Crippen LogP contribution in [-0.4, -0.2) is 27.4 Å². The highest BCUT2D eigenvalue weighted by molar-refractivity contribution is 5.03. The van der Waals surface area contributed by atoms with Gasteiger partial charge in [0.2, 0.25) is 0 Å². The summed E-state index contributed by atoms with van der Waals surface area (Å²) in [5.41, 5.74) is -0.0140. The van der Waals surface area contributed by atoms with Crippen LogP contribution in [0.4, 0.5) is 0 Å². The van der Waals surface area contributed by atoms with Gasteiger partial charge in [-0.2, -0.15) is 0 Å². The Labute approximate surface area is 237 Å². The molecule has 0 fully saturated rings. The maximum absolute atomic E-state index is 13.0. The van der Waals surface area contributed by atoms with Gasteiger partial charge in [-0.05, 0) is 46.5 Å². The van der Waals surface area contributed by atoms with Gasteiger partial charge in [0.05, 0.1) is 0 Å². The fourth-order valence-corrected chi connectivity index (χ4v) is 5.06. The third kappa shape index (κ3) is 7.62. The standard InChI is InChI=1S/C29H42N6O6/c1-21-20-32(14-10-6-7-11-15-33-22(2)18-24(36)30(4)27(33)39)29(41)35(26(21)38)17-13-9-8-12-16-34-23(3)19-25(37)31(5)28(34)40/h18-20H,6-17H2,1-5H3. The number of rotatable bonds is 14. The van der Waals surface area contributed by atoms with Crippen molar-refractivity contribution in [1.29, 1.82) is 0 Å². The average Bonchev–Trinajstić information content (AvgIpc) is 2.93. The van der Waals surface area contributed by atoms with Gasteiger partial charge < -0.3 is 4.57 Å². The zero-order chi connectivity index (χ0) is 30.3. The maximum atomic E-state index is 13.0. The van der Waals surface area contributed by atoms with Gasteiger partial charge in [0, 0.05) is 75.6 Å². The van der Waals surface area contributed by atoms with E-state index in [1.807, 2.05) is 0 Å². The van der Waals surface area contributed by atoms with Gasteiger partial charge >= 0.3 is 17.1 Å². The van der Waals surface area contributed by atoms with Crippen molar-refractivity contribution in [1.82, 2.24) is 27.4 Å². The Morgan fingerprint density at radius 3 is 1.34 bits per heavy atom. The lowest BCUT2D eigenvalue weighted by atomic mass is 10.2. The van der Waals surface area contributed by atoms with E-state index in [0.717, 1.165) is 54.1 Å². The molecule has 0 radical (unpaired) electrons. The van der Waals surface area contributed by atoms with Crippen molar-refractivity contribution in [2.75, 3.05) is 0 Å². The third-order valence-electron chi connectivity index (χ3n) is 7.67. The Morgan fingerprint density at radius 2 is 0.902 bits per heavy atom. The minimum absolute atomic E-state index is 0.267. The summed E-state index contributed by atoms with van der Waals surface area (Å²) in [5.74, 6) is 0. The van der Waals surface area contributed by atoms with E-state index in [2.05, 4.69) is 0 Å². The lowest BCUT2D eigenvalue weighted by Gasteiger charge is -2.13.